The molecule has 33 heavy (non-hydrogen) atoms. The summed E-state index contributed by atoms with van der Waals surface area (Å²) >= 11 is 0. The van der Waals surface area contributed by atoms with Crippen LogP contribution >= 0.6 is 0 Å². The highest BCUT2D eigenvalue weighted by molar-refractivity contribution is 5.94. The number of methoxy groups -OCH3 is 1. The number of amides is 1. The van der Waals surface area contributed by atoms with E-state index in [1.807, 2.05) is 24.3 Å². The Labute approximate surface area is 191 Å². The third kappa shape index (κ3) is 3.17. The van der Waals surface area contributed by atoms with Gasteiger partial charge in [-0.25, -0.2) is 4.39 Å². The lowest BCUT2D eigenvalue weighted by molar-refractivity contribution is -0.126. The number of carbonyl (C=O) groups excluding carboxylic acids is 1. The number of rotatable bonds is 4. The Morgan fingerprint density at radius 2 is 1.97 bits per heavy atom. The van der Waals surface area contributed by atoms with Crippen LogP contribution in [0.25, 0.3) is 22.0 Å². The van der Waals surface area contributed by atoms with Gasteiger partial charge in [-0.1, -0.05) is 30.8 Å². The van der Waals surface area contributed by atoms with E-state index in [2.05, 4.69) is 27.5 Å². The molecular formula is C26H25FN4O2. The number of carbonyl (C=O) groups is 1. The lowest BCUT2D eigenvalue weighted by Gasteiger charge is -2.35. The van der Waals surface area contributed by atoms with Crippen molar-refractivity contribution in [2.45, 2.75) is 18.8 Å². The number of hydrogen-bond donors (Lipinski definition) is 0. The smallest absolute Gasteiger partial charge is 0.318 e. The summed E-state index contributed by atoms with van der Waals surface area (Å²) in [6, 6.07) is 10.1. The number of benzene rings is 2. The molecule has 2 fully saturated rings. The number of aromatic nitrogens is 2. The second-order valence-electron chi connectivity index (χ2n) is 9.06. The zero-order valence-corrected chi connectivity index (χ0v) is 18.6. The Hall–Kier alpha value is -3.48. The predicted molar refractivity (Wildman–Crippen MR) is 125 cm³/mol. The molecule has 1 amide bonds. The highest BCUT2D eigenvalue weighted by Gasteiger charge is 2.46. The van der Waals surface area contributed by atoms with Crippen LogP contribution in [0.15, 0.2) is 43.0 Å². The van der Waals surface area contributed by atoms with Gasteiger partial charge in [0.15, 0.2) is 5.82 Å². The molecular weight excluding hydrogens is 419 g/mol. The zero-order valence-electron chi connectivity index (χ0n) is 18.6. The molecule has 3 aliphatic rings. The van der Waals surface area contributed by atoms with E-state index in [0.29, 0.717) is 48.9 Å². The van der Waals surface area contributed by atoms with Gasteiger partial charge in [-0.2, -0.15) is 9.97 Å². The van der Waals surface area contributed by atoms with Crippen molar-refractivity contribution in [1.29, 1.82) is 0 Å². The molecule has 168 valence electrons. The fraction of sp³-hybridized carbons (Fsp3) is 0.346. The molecule has 2 unspecified atom stereocenters. The fourth-order valence-corrected chi connectivity index (χ4v) is 5.51. The van der Waals surface area contributed by atoms with E-state index in [1.54, 1.807) is 4.90 Å². The topological polar surface area (TPSA) is 58.6 Å². The quantitative estimate of drug-likeness (QED) is 0.571. The molecule has 0 N–H and O–H groups in total. The fourth-order valence-electron chi connectivity index (χ4n) is 5.51. The molecule has 1 aromatic heterocycles. The van der Waals surface area contributed by atoms with Crippen LogP contribution in [-0.4, -0.2) is 54.1 Å². The largest absolute Gasteiger partial charge is 0.467 e. The maximum Gasteiger partial charge on any atom is 0.318 e. The molecule has 1 aliphatic heterocycles. The average molecular weight is 445 g/mol. The minimum atomic E-state index is -0.340. The molecule has 0 radical (unpaired) electrons. The predicted octanol–water partition coefficient (Wildman–Crippen LogP) is 3.94. The van der Waals surface area contributed by atoms with Crippen molar-refractivity contribution in [3.8, 4) is 17.1 Å². The van der Waals surface area contributed by atoms with Crippen molar-refractivity contribution in [3.05, 3.63) is 59.9 Å². The van der Waals surface area contributed by atoms with E-state index < -0.39 is 0 Å². The number of anilines is 1. The van der Waals surface area contributed by atoms with Crippen LogP contribution in [0.3, 0.4) is 0 Å². The minimum Gasteiger partial charge on any atom is -0.467 e. The van der Waals surface area contributed by atoms with Gasteiger partial charge in [-0.3, -0.25) is 4.79 Å². The molecule has 2 aromatic carbocycles. The van der Waals surface area contributed by atoms with Gasteiger partial charge in [-0.15, -0.1) is 0 Å². The minimum absolute atomic E-state index is 0.0799. The van der Waals surface area contributed by atoms with Crippen molar-refractivity contribution in [3.63, 3.8) is 0 Å². The van der Waals surface area contributed by atoms with Gasteiger partial charge in [-0.05, 0) is 53.5 Å². The van der Waals surface area contributed by atoms with Gasteiger partial charge in [0.25, 0.3) is 0 Å². The molecule has 0 bridgehead atoms. The van der Waals surface area contributed by atoms with Crippen LogP contribution < -0.4 is 9.64 Å². The molecule has 6 nitrogen and oxygen atoms in total. The summed E-state index contributed by atoms with van der Waals surface area (Å²) in [6.45, 7) is 5.85. The molecule has 6 rings (SSSR count). The SMILES string of the molecule is C=CC(=O)N1CCN(c2nc(OC)nc3c(F)c(-c4cccc5c4C4CC4C5)ccc23)CC1. The summed E-state index contributed by atoms with van der Waals surface area (Å²) in [6.07, 6.45) is 3.64. The lowest BCUT2D eigenvalue weighted by atomic mass is 9.93. The summed E-state index contributed by atoms with van der Waals surface area (Å²) in [7, 11) is 1.49. The number of nitrogens with zero attached hydrogens (tertiary/aromatic N) is 4. The van der Waals surface area contributed by atoms with Crippen LogP contribution in [0.2, 0.25) is 0 Å². The van der Waals surface area contributed by atoms with E-state index in [1.165, 1.54) is 30.7 Å². The molecule has 3 aromatic rings. The molecule has 7 heteroatoms. The first-order chi connectivity index (χ1) is 16.1. The third-order valence-electron chi connectivity index (χ3n) is 7.28. The van der Waals surface area contributed by atoms with Crippen LogP contribution in [0, 0.1) is 11.7 Å². The second-order valence-corrected chi connectivity index (χ2v) is 9.06. The van der Waals surface area contributed by atoms with Crippen molar-refractivity contribution >= 4 is 22.6 Å². The number of hydrogen-bond acceptors (Lipinski definition) is 5. The monoisotopic (exact) mass is 444 g/mol. The van der Waals surface area contributed by atoms with Gasteiger partial charge < -0.3 is 14.5 Å². The highest BCUT2D eigenvalue weighted by Crippen LogP contribution is 2.58. The third-order valence-corrected chi connectivity index (χ3v) is 7.28. The lowest BCUT2D eigenvalue weighted by Crippen LogP contribution is -2.48. The zero-order chi connectivity index (χ0) is 22.7. The first-order valence-electron chi connectivity index (χ1n) is 11.4. The molecule has 0 spiro atoms. The van der Waals surface area contributed by atoms with E-state index in [0.717, 1.165) is 17.9 Å². The number of halogens is 1. The first-order valence-corrected chi connectivity index (χ1v) is 11.4. The summed E-state index contributed by atoms with van der Waals surface area (Å²) in [4.78, 5) is 24.7. The van der Waals surface area contributed by atoms with Gasteiger partial charge in [0, 0.05) is 37.1 Å². The van der Waals surface area contributed by atoms with Gasteiger partial charge in [0.05, 0.1) is 7.11 Å². The summed E-state index contributed by atoms with van der Waals surface area (Å²) in [5, 5.41) is 0.650. The standard InChI is InChI=1S/C26H25FN4O2/c1-3-21(32)30-9-11-31(12-10-30)25-19-8-7-18(23(27)24(19)28-26(29-25)33-2)17-6-4-5-15-13-16-14-20(16)22(15)17/h3-8,16,20H,1,9-14H2,2H3. The Kier molecular flexibility index (Phi) is 4.60. The Bertz CT molecular complexity index is 1300. The van der Waals surface area contributed by atoms with E-state index in [-0.39, 0.29) is 23.3 Å². The van der Waals surface area contributed by atoms with Gasteiger partial charge in [0.2, 0.25) is 5.91 Å². The number of piperazine rings is 1. The van der Waals surface area contributed by atoms with Crippen molar-refractivity contribution in [1.82, 2.24) is 14.9 Å². The van der Waals surface area contributed by atoms with E-state index in [4.69, 9.17) is 4.74 Å². The van der Waals surface area contributed by atoms with Crippen molar-refractivity contribution < 1.29 is 13.9 Å². The maximum absolute atomic E-state index is 16.0. The molecule has 2 aliphatic carbocycles. The first kappa shape index (κ1) is 20.1. The van der Waals surface area contributed by atoms with Crippen molar-refractivity contribution in [2.24, 2.45) is 5.92 Å². The number of ether oxygens (including phenoxy) is 1. The average Bonchev–Trinajstić information content (AvgIpc) is 3.52. The molecule has 2 heterocycles. The van der Waals surface area contributed by atoms with Crippen LogP contribution in [0.5, 0.6) is 6.01 Å². The Balaban J connectivity index is 1.43. The van der Waals surface area contributed by atoms with E-state index in [9.17, 15) is 4.79 Å². The van der Waals surface area contributed by atoms with Crippen LogP contribution in [0.4, 0.5) is 10.2 Å². The van der Waals surface area contributed by atoms with E-state index >= 15 is 4.39 Å². The summed E-state index contributed by atoms with van der Waals surface area (Å²) < 4.78 is 21.3. The van der Waals surface area contributed by atoms with Gasteiger partial charge >= 0.3 is 6.01 Å². The van der Waals surface area contributed by atoms with Crippen molar-refractivity contribution in [2.75, 3.05) is 38.2 Å². The maximum atomic E-state index is 16.0. The second kappa shape index (κ2) is 7.54. The molecule has 1 saturated carbocycles. The highest BCUT2D eigenvalue weighted by atomic mass is 19.1. The normalized spacial score (nSPS) is 21.0. The number of fused-ring (bicyclic) bond motifs is 4. The summed E-state index contributed by atoms with van der Waals surface area (Å²) in [5.74, 6) is 1.51. The molecule has 2 atom stereocenters. The van der Waals surface area contributed by atoms with Gasteiger partial charge in [0.1, 0.15) is 11.3 Å². The summed E-state index contributed by atoms with van der Waals surface area (Å²) in [5.41, 5.74) is 4.49. The van der Waals surface area contributed by atoms with Crippen LogP contribution in [-0.2, 0) is 11.2 Å². The van der Waals surface area contributed by atoms with Crippen LogP contribution in [0.1, 0.15) is 23.5 Å². The Morgan fingerprint density at radius 1 is 1.15 bits per heavy atom. The Morgan fingerprint density at radius 3 is 2.73 bits per heavy atom. The molecule has 1 saturated heterocycles.